The van der Waals surface area contributed by atoms with Gasteiger partial charge in [-0.15, -0.1) is 0 Å². The average molecular weight is 516 g/mol. The SMILES string of the molecule is NCCCCC(N)C(=O)NC(Cc1cnc[nH]1)C(=O)NC(CCC(=O)O)C(=O)NC(CS)C(=O)O. The van der Waals surface area contributed by atoms with Crippen LogP contribution in [0.5, 0.6) is 0 Å². The van der Waals surface area contributed by atoms with Gasteiger partial charge in [0.1, 0.15) is 18.1 Å². The lowest BCUT2D eigenvalue weighted by atomic mass is 10.1. The third-order valence-corrected chi connectivity index (χ3v) is 5.36. The molecule has 1 aromatic rings. The molecule has 4 unspecified atom stereocenters. The van der Waals surface area contributed by atoms with Gasteiger partial charge in [0.15, 0.2) is 0 Å². The van der Waals surface area contributed by atoms with Crippen molar-refractivity contribution in [2.24, 2.45) is 11.5 Å². The molecule has 0 spiro atoms. The van der Waals surface area contributed by atoms with E-state index in [4.69, 9.17) is 21.7 Å². The van der Waals surface area contributed by atoms with E-state index >= 15 is 0 Å². The molecule has 10 N–H and O–H groups in total. The van der Waals surface area contributed by atoms with Crippen molar-refractivity contribution in [2.75, 3.05) is 12.3 Å². The number of hydrogen-bond acceptors (Lipinski definition) is 9. The van der Waals surface area contributed by atoms with Crippen LogP contribution >= 0.6 is 12.6 Å². The molecule has 35 heavy (non-hydrogen) atoms. The van der Waals surface area contributed by atoms with Crippen LogP contribution in [0.15, 0.2) is 12.5 Å². The minimum absolute atomic E-state index is 0.0191. The summed E-state index contributed by atoms with van der Waals surface area (Å²) in [5.41, 5.74) is 11.9. The Morgan fingerprint density at radius 3 is 2.14 bits per heavy atom. The van der Waals surface area contributed by atoms with E-state index in [1.165, 1.54) is 12.5 Å². The number of aromatic amines is 1. The van der Waals surface area contributed by atoms with Crippen LogP contribution in [0.1, 0.15) is 37.8 Å². The summed E-state index contributed by atoms with van der Waals surface area (Å²) < 4.78 is 0. The Balaban J connectivity index is 3.00. The monoisotopic (exact) mass is 515 g/mol. The van der Waals surface area contributed by atoms with Crippen molar-refractivity contribution >= 4 is 42.3 Å². The number of nitrogens with one attached hydrogen (secondary N) is 4. The summed E-state index contributed by atoms with van der Waals surface area (Å²) in [6.07, 6.45) is 3.69. The fraction of sp³-hybridized carbons (Fsp3) is 0.600. The number of aliphatic carboxylic acids is 2. The van der Waals surface area contributed by atoms with E-state index in [1.54, 1.807) is 0 Å². The van der Waals surface area contributed by atoms with Crippen molar-refractivity contribution in [2.45, 2.75) is 62.7 Å². The number of carboxylic acid groups (broad SMARTS) is 2. The highest BCUT2D eigenvalue weighted by Crippen LogP contribution is 2.06. The second kappa shape index (κ2) is 15.7. The summed E-state index contributed by atoms with van der Waals surface area (Å²) in [6.45, 7) is 0.453. The summed E-state index contributed by atoms with van der Waals surface area (Å²) in [5.74, 6) is -5.05. The Morgan fingerprint density at radius 2 is 1.60 bits per heavy atom. The van der Waals surface area contributed by atoms with Crippen molar-refractivity contribution < 1.29 is 34.2 Å². The molecule has 0 aliphatic carbocycles. The molecule has 15 heteroatoms. The highest BCUT2D eigenvalue weighted by molar-refractivity contribution is 7.80. The number of carboxylic acids is 2. The molecule has 4 atom stereocenters. The fourth-order valence-electron chi connectivity index (χ4n) is 3.01. The summed E-state index contributed by atoms with van der Waals surface area (Å²) in [5, 5.41) is 25.3. The standard InChI is InChI=1S/C20H33N7O7S/c21-6-2-1-3-12(22)17(30)26-14(7-11-8-23-10-24-11)19(32)25-13(4-5-16(28)29)18(31)27-15(9-35)20(33)34/h8,10,12-15,35H,1-7,9,21-22H2,(H,23,24)(H,25,32)(H,26,30)(H,27,31)(H,28,29)(H,33,34). The molecule has 196 valence electrons. The summed E-state index contributed by atoms with van der Waals surface area (Å²) in [7, 11) is 0. The van der Waals surface area contributed by atoms with Crippen LogP contribution in [0.4, 0.5) is 0 Å². The minimum atomic E-state index is -1.38. The largest absolute Gasteiger partial charge is 0.481 e. The minimum Gasteiger partial charge on any atom is -0.481 e. The maximum atomic E-state index is 13.1. The van der Waals surface area contributed by atoms with Gasteiger partial charge in [0.05, 0.1) is 12.4 Å². The van der Waals surface area contributed by atoms with Gasteiger partial charge < -0.3 is 42.6 Å². The Morgan fingerprint density at radius 1 is 0.971 bits per heavy atom. The van der Waals surface area contributed by atoms with Gasteiger partial charge in [-0.25, -0.2) is 9.78 Å². The van der Waals surface area contributed by atoms with Crippen molar-refractivity contribution in [3.8, 4) is 0 Å². The molecule has 0 bridgehead atoms. The van der Waals surface area contributed by atoms with Crippen LogP contribution in [0, 0.1) is 0 Å². The number of hydrogen-bond donors (Lipinski definition) is 9. The van der Waals surface area contributed by atoms with Crippen LogP contribution in [-0.4, -0.2) is 86.3 Å². The molecule has 0 aliphatic heterocycles. The maximum absolute atomic E-state index is 13.1. The summed E-state index contributed by atoms with van der Waals surface area (Å²) in [6, 6.07) is -4.79. The second-order valence-electron chi connectivity index (χ2n) is 7.81. The van der Waals surface area contributed by atoms with Gasteiger partial charge in [0.2, 0.25) is 17.7 Å². The second-order valence-corrected chi connectivity index (χ2v) is 8.17. The van der Waals surface area contributed by atoms with Gasteiger partial charge >= 0.3 is 11.9 Å². The third-order valence-electron chi connectivity index (χ3n) is 4.99. The molecular formula is C20H33N7O7S. The van der Waals surface area contributed by atoms with E-state index in [1.807, 2.05) is 0 Å². The zero-order valence-electron chi connectivity index (χ0n) is 19.1. The van der Waals surface area contributed by atoms with Crippen LogP contribution in [0.3, 0.4) is 0 Å². The van der Waals surface area contributed by atoms with Crippen molar-refractivity contribution in [1.29, 1.82) is 0 Å². The smallest absolute Gasteiger partial charge is 0.327 e. The Labute approximate surface area is 207 Å². The number of imidazole rings is 1. The first-order valence-electron chi connectivity index (χ1n) is 11.0. The fourth-order valence-corrected chi connectivity index (χ4v) is 3.26. The number of aromatic nitrogens is 2. The Kier molecular flexibility index (Phi) is 13.4. The number of amides is 3. The first-order valence-corrected chi connectivity index (χ1v) is 11.6. The molecule has 3 amide bonds. The summed E-state index contributed by atoms with van der Waals surface area (Å²) in [4.78, 5) is 67.2. The van der Waals surface area contributed by atoms with E-state index in [9.17, 15) is 24.0 Å². The molecular weight excluding hydrogens is 482 g/mol. The molecule has 14 nitrogen and oxygen atoms in total. The topological polar surface area (TPSA) is 243 Å². The molecule has 0 saturated heterocycles. The zero-order chi connectivity index (χ0) is 26.4. The lowest BCUT2D eigenvalue weighted by molar-refractivity contribution is -0.142. The van der Waals surface area contributed by atoms with E-state index < -0.39 is 60.2 Å². The molecule has 1 aromatic heterocycles. The lowest BCUT2D eigenvalue weighted by Crippen LogP contribution is -2.57. The van der Waals surface area contributed by atoms with Crippen LogP contribution in [-0.2, 0) is 30.4 Å². The Hall–Kier alpha value is -3.17. The molecule has 1 rings (SSSR count). The number of carbonyl (C=O) groups excluding carboxylic acids is 3. The van der Waals surface area contributed by atoms with Gasteiger partial charge in [0, 0.05) is 30.5 Å². The van der Waals surface area contributed by atoms with Gasteiger partial charge in [0.25, 0.3) is 0 Å². The van der Waals surface area contributed by atoms with Crippen molar-refractivity contribution in [3.05, 3.63) is 18.2 Å². The number of H-pyrrole nitrogens is 1. The lowest BCUT2D eigenvalue weighted by Gasteiger charge is -2.24. The predicted octanol–water partition coefficient (Wildman–Crippen LogP) is -2.26. The first-order chi connectivity index (χ1) is 16.6. The van der Waals surface area contributed by atoms with Crippen molar-refractivity contribution in [3.63, 3.8) is 0 Å². The number of nitrogens with zero attached hydrogens (tertiary/aromatic N) is 1. The van der Waals surface area contributed by atoms with Gasteiger partial charge in [-0.05, 0) is 25.8 Å². The normalized spacial score (nSPS) is 14.3. The molecule has 0 saturated carbocycles. The van der Waals surface area contributed by atoms with Gasteiger partial charge in [-0.1, -0.05) is 6.42 Å². The number of nitrogens with two attached hydrogens (primary N) is 2. The Bertz CT molecular complexity index is 853. The molecule has 0 aromatic carbocycles. The van der Waals surface area contributed by atoms with Gasteiger partial charge in [-0.2, -0.15) is 12.6 Å². The van der Waals surface area contributed by atoms with E-state index in [2.05, 4.69) is 38.5 Å². The molecule has 0 aliphatic rings. The quantitative estimate of drug-likeness (QED) is 0.0796. The van der Waals surface area contributed by atoms with Crippen LogP contribution < -0.4 is 27.4 Å². The summed E-state index contributed by atoms with van der Waals surface area (Å²) >= 11 is 3.87. The third kappa shape index (κ3) is 11.2. The number of rotatable bonds is 17. The molecule has 0 radical (unpaired) electrons. The average Bonchev–Trinajstić information content (AvgIpc) is 3.32. The molecule has 0 fully saturated rings. The molecule has 1 heterocycles. The number of thiol groups is 1. The predicted molar refractivity (Wildman–Crippen MR) is 127 cm³/mol. The van der Waals surface area contributed by atoms with Gasteiger partial charge in [-0.3, -0.25) is 19.2 Å². The first kappa shape index (κ1) is 29.9. The van der Waals surface area contributed by atoms with Crippen molar-refractivity contribution in [1.82, 2.24) is 25.9 Å². The van der Waals surface area contributed by atoms with E-state index in [0.717, 1.165) is 0 Å². The van der Waals surface area contributed by atoms with Crippen LogP contribution in [0.25, 0.3) is 0 Å². The maximum Gasteiger partial charge on any atom is 0.327 e. The number of carbonyl (C=O) groups is 5. The highest BCUT2D eigenvalue weighted by Gasteiger charge is 2.30. The highest BCUT2D eigenvalue weighted by atomic mass is 32.1. The van der Waals surface area contributed by atoms with E-state index in [0.29, 0.717) is 31.5 Å². The number of unbranched alkanes of at least 4 members (excludes halogenated alkanes) is 1. The zero-order valence-corrected chi connectivity index (χ0v) is 20.0. The van der Waals surface area contributed by atoms with E-state index in [-0.39, 0.29) is 18.6 Å². The van der Waals surface area contributed by atoms with Crippen LogP contribution in [0.2, 0.25) is 0 Å².